The second-order valence-corrected chi connectivity index (χ2v) is 16.5. The van der Waals surface area contributed by atoms with Crippen molar-refractivity contribution in [3.05, 3.63) is 237 Å². The van der Waals surface area contributed by atoms with Gasteiger partial charge in [-0.3, -0.25) is 20.2 Å². The number of nitrogens with zero attached hydrogens (tertiary/aromatic N) is 6. The maximum atomic E-state index is 10.9. The molecule has 0 bridgehead atoms. The van der Waals surface area contributed by atoms with Crippen LogP contribution in [0.15, 0.2) is 194 Å². The zero-order chi connectivity index (χ0) is 53.8. The maximum Gasteiger partial charge on any atom is 0.269 e. The largest absolute Gasteiger partial charge is 0.494 e. The summed E-state index contributed by atoms with van der Waals surface area (Å²) in [6.45, 7) is 10.2. The van der Waals surface area contributed by atoms with E-state index in [1.54, 1.807) is 36.4 Å². The normalized spacial score (nSPS) is 10.9. The van der Waals surface area contributed by atoms with Gasteiger partial charge in [0.1, 0.15) is 23.0 Å². The van der Waals surface area contributed by atoms with E-state index in [2.05, 4.69) is 21.9 Å². The van der Waals surface area contributed by atoms with Gasteiger partial charge in [0.05, 0.1) is 59.6 Å². The molecule has 0 aliphatic rings. The first-order valence-electron chi connectivity index (χ1n) is 24.5. The third-order valence-corrected chi connectivity index (χ3v) is 11.6. The van der Waals surface area contributed by atoms with E-state index in [-0.39, 0.29) is 11.4 Å². The molecule has 14 heteroatoms. The van der Waals surface area contributed by atoms with E-state index in [0.29, 0.717) is 48.7 Å². The van der Waals surface area contributed by atoms with Gasteiger partial charge in [0.25, 0.3) is 11.4 Å². The molecular weight excluding hydrogens is 957 g/mol. The molecule has 0 N–H and O–H groups in total. The molecule has 0 amide bonds. The maximum absolute atomic E-state index is 10.9. The topological polar surface area (TPSA) is 177 Å². The third kappa shape index (κ3) is 14.1. The molecule has 0 saturated heterocycles. The second-order valence-electron chi connectivity index (χ2n) is 16.5. The van der Waals surface area contributed by atoms with Crippen molar-refractivity contribution in [2.75, 3.05) is 36.2 Å². The van der Waals surface area contributed by atoms with Crippen molar-refractivity contribution in [1.82, 2.24) is 0 Å². The molecule has 0 aromatic heterocycles. The van der Waals surface area contributed by atoms with Crippen LogP contribution in [0.3, 0.4) is 0 Å². The molecule has 8 aromatic rings. The fourth-order valence-electron chi connectivity index (χ4n) is 7.99. The van der Waals surface area contributed by atoms with Crippen molar-refractivity contribution in [3.8, 4) is 35.1 Å². The number of nitriles is 2. The van der Waals surface area contributed by atoms with Gasteiger partial charge in [-0.15, -0.1) is 0 Å². The summed E-state index contributed by atoms with van der Waals surface area (Å²) in [6, 6.07) is 63.7. The SMILES string of the molecule is CCOc1ccc(N(c2ccc(/C=C(\C#N)c3ccc([N+](=O)[O-])cc3)cc2)c2ccc(OCC)cc2)cc1.CCOc1ccc(N(c2ccc(/C=C(\C#N)c3ccc([N+](=O)[O-])cc3)cc2)c2ccc(OCC)cc2)cc1. The van der Waals surface area contributed by atoms with Crippen LogP contribution in [0.1, 0.15) is 49.9 Å². The third-order valence-electron chi connectivity index (χ3n) is 11.6. The van der Waals surface area contributed by atoms with Gasteiger partial charge in [-0.2, -0.15) is 10.5 Å². The molecule has 0 aliphatic heterocycles. The smallest absolute Gasteiger partial charge is 0.269 e. The molecule has 0 unspecified atom stereocenters. The number of ether oxygens (including phenoxy) is 4. The van der Waals surface area contributed by atoms with Crippen molar-refractivity contribution in [1.29, 1.82) is 10.5 Å². The minimum absolute atomic E-state index is 0.0148. The fraction of sp³-hybridized carbons (Fsp3) is 0.129. The zero-order valence-electron chi connectivity index (χ0n) is 42.4. The molecule has 0 fully saturated rings. The van der Waals surface area contributed by atoms with Crippen molar-refractivity contribution >= 4 is 68.8 Å². The summed E-state index contributed by atoms with van der Waals surface area (Å²) in [4.78, 5) is 25.2. The standard InChI is InChI=1S/2C31H27N3O4/c2*1-3-37-30-17-13-27(14-18-30)33(28-15-19-31(20-16-28)38-4-2)26-9-5-23(6-10-26)21-25(22-32)24-7-11-29(12-8-24)34(35)36/h2*5-21H,3-4H2,1-2H3/b2*25-21+. The van der Waals surface area contributed by atoms with Gasteiger partial charge in [-0.05, 0) is 208 Å². The van der Waals surface area contributed by atoms with Gasteiger partial charge >= 0.3 is 0 Å². The molecule has 0 spiro atoms. The quantitative estimate of drug-likeness (QED) is 0.0306. The highest BCUT2D eigenvalue weighted by Gasteiger charge is 2.16. The van der Waals surface area contributed by atoms with Gasteiger partial charge in [0, 0.05) is 58.4 Å². The van der Waals surface area contributed by atoms with Gasteiger partial charge in [-0.25, -0.2) is 0 Å². The molecule has 8 aromatic carbocycles. The van der Waals surface area contributed by atoms with Crippen molar-refractivity contribution in [3.63, 3.8) is 0 Å². The molecule has 76 heavy (non-hydrogen) atoms. The zero-order valence-corrected chi connectivity index (χ0v) is 42.4. The molecule has 14 nitrogen and oxygen atoms in total. The highest BCUT2D eigenvalue weighted by Crippen LogP contribution is 2.38. The van der Waals surface area contributed by atoms with Gasteiger partial charge in [0.15, 0.2) is 0 Å². The van der Waals surface area contributed by atoms with Crippen molar-refractivity contribution in [2.45, 2.75) is 27.7 Å². The van der Waals surface area contributed by atoms with E-state index >= 15 is 0 Å². The Morgan fingerprint density at radius 3 is 0.816 bits per heavy atom. The summed E-state index contributed by atoms with van der Waals surface area (Å²) in [5.74, 6) is 3.22. The number of nitro groups is 2. The van der Waals surface area contributed by atoms with Crippen LogP contribution < -0.4 is 28.7 Å². The monoisotopic (exact) mass is 1010 g/mol. The summed E-state index contributed by atoms with van der Waals surface area (Å²) in [6.07, 6.45) is 3.53. The highest BCUT2D eigenvalue weighted by atomic mass is 16.6. The molecular formula is C62H54N6O8. The highest BCUT2D eigenvalue weighted by molar-refractivity contribution is 5.91. The summed E-state index contributed by atoms with van der Waals surface area (Å²) in [7, 11) is 0. The van der Waals surface area contributed by atoms with Crippen molar-refractivity contribution < 1.29 is 28.8 Å². The Kier molecular flexibility index (Phi) is 18.7. The van der Waals surface area contributed by atoms with Crippen LogP contribution in [0.4, 0.5) is 45.5 Å². The van der Waals surface area contributed by atoms with E-state index in [1.807, 2.05) is 173 Å². The Labute approximate surface area is 442 Å². The van der Waals surface area contributed by atoms with Crippen LogP contribution >= 0.6 is 0 Å². The van der Waals surface area contributed by atoms with Crippen LogP contribution in [0, 0.1) is 42.9 Å². The predicted molar refractivity (Wildman–Crippen MR) is 300 cm³/mol. The van der Waals surface area contributed by atoms with Gasteiger partial charge < -0.3 is 28.7 Å². The van der Waals surface area contributed by atoms with E-state index in [9.17, 15) is 30.8 Å². The van der Waals surface area contributed by atoms with Crippen LogP contribution in [0.25, 0.3) is 23.3 Å². The van der Waals surface area contributed by atoms with E-state index < -0.39 is 9.85 Å². The average molecular weight is 1010 g/mol. The number of benzene rings is 8. The fourth-order valence-corrected chi connectivity index (χ4v) is 7.99. The molecule has 0 radical (unpaired) electrons. The predicted octanol–water partition coefficient (Wildman–Crippen LogP) is 15.9. The average Bonchev–Trinajstić information content (AvgIpc) is 3.45. The Balaban J connectivity index is 0.000000221. The van der Waals surface area contributed by atoms with Crippen molar-refractivity contribution in [2.24, 2.45) is 0 Å². The number of hydrogen-bond acceptors (Lipinski definition) is 12. The van der Waals surface area contributed by atoms with E-state index in [0.717, 1.165) is 68.2 Å². The van der Waals surface area contributed by atoms with Crippen LogP contribution in [-0.4, -0.2) is 36.3 Å². The van der Waals surface area contributed by atoms with Gasteiger partial charge in [-0.1, -0.05) is 24.3 Å². The number of anilines is 6. The lowest BCUT2D eigenvalue weighted by Gasteiger charge is -2.26. The molecule has 0 atom stereocenters. The van der Waals surface area contributed by atoms with Crippen LogP contribution in [0.5, 0.6) is 23.0 Å². The summed E-state index contributed by atoms with van der Waals surface area (Å²) >= 11 is 0. The minimum atomic E-state index is -0.460. The summed E-state index contributed by atoms with van der Waals surface area (Å²) in [5, 5.41) is 41.3. The summed E-state index contributed by atoms with van der Waals surface area (Å²) in [5.41, 5.74) is 9.43. The minimum Gasteiger partial charge on any atom is -0.494 e. The Hall–Kier alpha value is -10.2. The lowest BCUT2D eigenvalue weighted by molar-refractivity contribution is -0.385. The van der Waals surface area contributed by atoms with Crippen LogP contribution in [0.2, 0.25) is 0 Å². The van der Waals surface area contributed by atoms with E-state index in [1.165, 1.54) is 24.3 Å². The Morgan fingerprint density at radius 2 is 0.618 bits per heavy atom. The number of non-ortho nitro benzene ring substituents is 2. The van der Waals surface area contributed by atoms with Crippen LogP contribution in [-0.2, 0) is 0 Å². The number of allylic oxidation sites excluding steroid dienone is 2. The molecule has 380 valence electrons. The molecule has 0 saturated carbocycles. The first kappa shape index (κ1) is 53.6. The number of rotatable bonds is 20. The lowest BCUT2D eigenvalue weighted by atomic mass is 10.0. The first-order valence-corrected chi connectivity index (χ1v) is 24.5. The Morgan fingerprint density at radius 1 is 0.395 bits per heavy atom. The number of hydrogen-bond donors (Lipinski definition) is 0. The molecule has 8 rings (SSSR count). The second kappa shape index (κ2) is 26.5. The molecule has 0 heterocycles. The first-order chi connectivity index (χ1) is 37.0. The van der Waals surface area contributed by atoms with E-state index in [4.69, 9.17) is 18.9 Å². The number of nitro benzene ring substituents is 2. The lowest BCUT2D eigenvalue weighted by Crippen LogP contribution is -2.10. The Bertz CT molecular complexity index is 3000. The molecule has 0 aliphatic carbocycles. The van der Waals surface area contributed by atoms with Gasteiger partial charge in [0.2, 0.25) is 0 Å². The summed E-state index contributed by atoms with van der Waals surface area (Å²) < 4.78 is 22.4.